The summed E-state index contributed by atoms with van der Waals surface area (Å²) in [4.78, 5) is 13.9. The lowest BCUT2D eigenvalue weighted by molar-refractivity contribution is 0.0836. The first-order chi connectivity index (χ1) is 5.63. The molecule has 0 saturated heterocycles. The van der Waals surface area contributed by atoms with Crippen molar-refractivity contribution in [2.45, 2.75) is 0 Å². The number of carbonyl (C=O) groups is 1. The number of nitrogens with two attached hydrogens (primary N) is 1. The molecular weight excluding hydrogens is 159 g/mol. The molecule has 3 nitrogen and oxygen atoms in total. The maximum atomic E-state index is 12.1. The van der Waals surface area contributed by atoms with Gasteiger partial charge in [-0.15, -0.1) is 6.42 Å². The molecule has 0 spiro atoms. The number of halogens is 1. The number of terminal acetylenes is 1. The fourth-order valence-electron chi connectivity index (χ4n) is 0.739. The van der Waals surface area contributed by atoms with Gasteiger partial charge in [0.05, 0.1) is 5.56 Å². The van der Waals surface area contributed by atoms with E-state index < -0.39 is 6.04 Å². The Kier molecular flexibility index (Phi) is 2.06. The van der Waals surface area contributed by atoms with E-state index >= 15 is 0 Å². The van der Waals surface area contributed by atoms with E-state index in [0.717, 1.165) is 6.07 Å². The molecule has 0 saturated carbocycles. The van der Waals surface area contributed by atoms with Crippen molar-refractivity contribution >= 4 is 11.9 Å². The van der Waals surface area contributed by atoms with E-state index in [-0.39, 0.29) is 17.1 Å². The largest absolute Gasteiger partial charge is 0.384 e. The van der Waals surface area contributed by atoms with E-state index in [9.17, 15) is 9.18 Å². The highest BCUT2D eigenvalue weighted by Gasteiger charge is 2.05. The molecule has 0 bridgehead atoms. The molecule has 1 rings (SSSR count). The Morgan fingerprint density at radius 3 is 2.83 bits per heavy atom. The second kappa shape index (κ2) is 3.01. The lowest BCUT2D eigenvalue weighted by Crippen LogP contribution is -1.98. The average molecular weight is 164 g/mol. The van der Waals surface area contributed by atoms with Gasteiger partial charge in [-0.05, 0) is 12.1 Å². The molecule has 1 aromatic heterocycles. The van der Waals surface area contributed by atoms with Crippen LogP contribution in [0.2, 0.25) is 0 Å². The van der Waals surface area contributed by atoms with Crippen molar-refractivity contribution < 1.29 is 9.18 Å². The van der Waals surface area contributed by atoms with Crippen LogP contribution < -0.4 is 5.73 Å². The molecule has 0 radical (unpaired) electrons. The molecule has 0 fully saturated rings. The monoisotopic (exact) mass is 164 g/mol. The Hall–Kier alpha value is -1.89. The highest BCUT2D eigenvalue weighted by molar-refractivity contribution is 5.89. The fourth-order valence-corrected chi connectivity index (χ4v) is 0.739. The molecule has 1 heterocycles. The molecule has 0 aromatic carbocycles. The molecule has 4 heteroatoms. The summed E-state index contributed by atoms with van der Waals surface area (Å²) in [7, 11) is 0. The van der Waals surface area contributed by atoms with Gasteiger partial charge in [-0.2, -0.15) is 4.39 Å². The standard InChI is InChI=1S/C8H5FN2O/c1-2-6-3-5(8(9)12)4-7(10)11-6/h1,3-4H,(H2,10,11). The van der Waals surface area contributed by atoms with Crippen molar-refractivity contribution in [2.75, 3.05) is 5.73 Å². The average Bonchev–Trinajstić information content (AvgIpc) is 2.03. The van der Waals surface area contributed by atoms with Crippen molar-refractivity contribution in [3.05, 3.63) is 23.4 Å². The molecule has 0 aliphatic carbocycles. The van der Waals surface area contributed by atoms with Crippen LogP contribution in [0.5, 0.6) is 0 Å². The summed E-state index contributed by atoms with van der Waals surface area (Å²) < 4.78 is 12.1. The smallest absolute Gasteiger partial charge is 0.332 e. The first-order valence-corrected chi connectivity index (χ1v) is 3.07. The van der Waals surface area contributed by atoms with Crippen LogP contribution in [-0.4, -0.2) is 11.0 Å². The van der Waals surface area contributed by atoms with E-state index in [1.807, 2.05) is 0 Å². The molecule has 12 heavy (non-hydrogen) atoms. The van der Waals surface area contributed by atoms with E-state index in [4.69, 9.17) is 12.2 Å². The van der Waals surface area contributed by atoms with Gasteiger partial charge in [0.1, 0.15) is 11.5 Å². The van der Waals surface area contributed by atoms with E-state index in [0.29, 0.717) is 0 Å². The summed E-state index contributed by atoms with van der Waals surface area (Å²) in [5.41, 5.74) is 5.23. The molecule has 0 unspecified atom stereocenters. The van der Waals surface area contributed by atoms with Gasteiger partial charge in [-0.3, -0.25) is 4.79 Å². The molecule has 0 atom stereocenters. The second-order valence-electron chi connectivity index (χ2n) is 2.08. The molecule has 2 N–H and O–H groups in total. The van der Waals surface area contributed by atoms with Crippen molar-refractivity contribution in [3.8, 4) is 12.3 Å². The number of carbonyl (C=O) groups excluding carboxylic acids is 1. The first kappa shape index (κ1) is 8.21. The van der Waals surface area contributed by atoms with Crippen LogP contribution in [0, 0.1) is 12.3 Å². The highest BCUT2D eigenvalue weighted by Crippen LogP contribution is 2.07. The summed E-state index contributed by atoms with van der Waals surface area (Å²) in [5.74, 6) is 2.19. The van der Waals surface area contributed by atoms with Gasteiger partial charge < -0.3 is 5.73 Å². The number of nitrogens with zero attached hydrogens (tertiary/aromatic N) is 1. The Bertz CT molecular complexity index is 368. The molecule has 0 amide bonds. The topological polar surface area (TPSA) is 56.0 Å². The number of anilines is 1. The van der Waals surface area contributed by atoms with E-state index in [2.05, 4.69) is 10.9 Å². The zero-order valence-electron chi connectivity index (χ0n) is 6.04. The van der Waals surface area contributed by atoms with Crippen molar-refractivity contribution in [1.82, 2.24) is 4.98 Å². The highest BCUT2D eigenvalue weighted by atomic mass is 19.1. The van der Waals surface area contributed by atoms with E-state index in [1.54, 1.807) is 0 Å². The third-order valence-corrected chi connectivity index (χ3v) is 1.22. The first-order valence-electron chi connectivity index (χ1n) is 3.07. The van der Waals surface area contributed by atoms with Crippen LogP contribution in [0.3, 0.4) is 0 Å². The third-order valence-electron chi connectivity index (χ3n) is 1.22. The van der Waals surface area contributed by atoms with Crippen LogP contribution in [-0.2, 0) is 0 Å². The SMILES string of the molecule is C#Cc1cc(C(=O)F)cc(N)n1. The minimum Gasteiger partial charge on any atom is -0.384 e. The molecular formula is C8H5FN2O. The summed E-state index contributed by atoms with van der Waals surface area (Å²) in [6.45, 7) is 0. The van der Waals surface area contributed by atoms with Crippen LogP contribution in [0.25, 0.3) is 0 Å². The van der Waals surface area contributed by atoms with Gasteiger partial charge in [0.15, 0.2) is 0 Å². The van der Waals surface area contributed by atoms with Gasteiger partial charge in [0, 0.05) is 0 Å². The number of rotatable bonds is 1. The number of hydrogen-bond donors (Lipinski definition) is 1. The zero-order valence-corrected chi connectivity index (χ0v) is 6.04. The van der Waals surface area contributed by atoms with Crippen molar-refractivity contribution in [2.24, 2.45) is 0 Å². The van der Waals surface area contributed by atoms with Gasteiger partial charge in [0.25, 0.3) is 0 Å². The molecule has 60 valence electrons. The fraction of sp³-hybridized carbons (Fsp3) is 0. The van der Waals surface area contributed by atoms with Crippen LogP contribution in [0.4, 0.5) is 10.2 Å². The van der Waals surface area contributed by atoms with Crippen LogP contribution in [0.1, 0.15) is 16.1 Å². The second-order valence-corrected chi connectivity index (χ2v) is 2.08. The van der Waals surface area contributed by atoms with E-state index in [1.165, 1.54) is 6.07 Å². The molecule has 0 aliphatic rings. The van der Waals surface area contributed by atoms with Crippen molar-refractivity contribution in [1.29, 1.82) is 0 Å². The lowest BCUT2D eigenvalue weighted by atomic mass is 10.2. The molecule has 0 aliphatic heterocycles. The summed E-state index contributed by atoms with van der Waals surface area (Å²) in [5, 5.41) is 0. The third kappa shape index (κ3) is 1.58. The summed E-state index contributed by atoms with van der Waals surface area (Å²) in [6, 6.07) is 0.725. The van der Waals surface area contributed by atoms with Crippen LogP contribution >= 0.6 is 0 Å². The summed E-state index contributed by atoms with van der Waals surface area (Å²) in [6.07, 6.45) is 4.99. The zero-order chi connectivity index (χ0) is 9.14. The van der Waals surface area contributed by atoms with Crippen LogP contribution in [0.15, 0.2) is 12.1 Å². The van der Waals surface area contributed by atoms with Gasteiger partial charge in [0.2, 0.25) is 0 Å². The Morgan fingerprint density at radius 1 is 1.67 bits per heavy atom. The lowest BCUT2D eigenvalue weighted by Gasteiger charge is -1.96. The quantitative estimate of drug-likeness (QED) is 0.492. The Morgan fingerprint density at radius 2 is 2.33 bits per heavy atom. The van der Waals surface area contributed by atoms with Gasteiger partial charge >= 0.3 is 6.04 Å². The maximum Gasteiger partial charge on any atom is 0.332 e. The minimum absolute atomic E-state index is 0.0338. The number of nitrogen functional groups attached to an aromatic ring is 1. The number of hydrogen-bond acceptors (Lipinski definition) is 3. The number of pyridine rings is 1. The summed E-state index contributed by atoms with van der Waals surface area (Å²) >= 11 is 0. The van der Waals surface area contributed by atoms with Gasteiger partial charge in [-0.25, -0.2) is 4.98 Å². The number of aromatic nitrogens is 1. The molecule has 1 aromatic rings. The van der Waals surface area contributed by atoms with Crippen molar-refractivity contribution in [3.63, 3.8) is 0 Å². The Labute approximate surface area is 68.4 Å². The predicted molar refractivity (Wildman–Crippen MR) is 42.0 cm³/mol. The predicted octanol–water partition coefficient (Wildman–Crippen LogP) is 0.755. The minimum atomic E-state index is -1.57. The normalized spacial score (nSPS) is 9.00. The van der Waals surface area contributed by atoms with Gasteiger partial charge in [-0.1, -0.05) is 5.92 Å². The Balaban J connectivity index is 3.26. The maximum absolute atomic E-state index is 12.1.